The van der Waals surface area contributed by atoms with Crippen LogP contribution >= 0.6 is 0 Å². The van der Waals surface area contributed by atoms with E-state index in [-0.39, 0.29) is 0 Å². The first-order chi connectivity index (χ1) is 9.92. The van der Waals surface area contributed by atoms with Crippen molar-refractivity contribution < 1.29 is 4.79 Å². The maximum atomic E-state index is 12.2. The lowest BCUT2D eigenvalue weighted by Crippen LogP contribution is -2.38. The SMILES string of the molecule is CCC1CCC(=O)C(CN(CCC(C)C)CCC(C)C)C1. The third-order valence-electron chi connectivity index (χ3n) is 4.97. The summed E-state index contributed by atoms with van der Waals surface area (Å²) >= 11 is 0. The van der Waals surface area contributed by atoms with Gasteiger partial charge in [0.25, 0.3) is 0 Å². The molecule has 0 amide bonds. The van der Waals surface area contributed by atoms with E-state index in [2.05, 4.69) is 39.5 Å². The molecule has 0 aliphatic heterocycles. The Morgan fingerprint density at radius 3 is 2.14 bits per heavy atom. The van der Waals surface area contributed by atoms with Gasteiger partial charge in [0.05, 0.1) is 0 Å². The Balaban J connectivity index is 2.53. The molecule has 2 atom stereocenters. The quantitative estimate of drug-likeness (QED) is 0.610. The van der Waals surface area contributed by atoms with Crippen LogP contribution in [0.25, 0.3) is 0 Å². The lowest BCUT2D eigenvalue weighted by molar-refractivity contribution is -0.126. The second-order valence-corrected chi connectivity index (χ2v) is 7.88. The zero-order chi connectivity index (χ0) is 15.8. The molecule has 0 bridgehead atoms. The van der Waals surface area contributed by atoms with Crippen LogP contribution in [-0.4, -0.2) is 30.3 Å². The van der Waals surface area contributed by atoms with Gasteiger partial charge >= 0.3 is 0 Å². The van der Waals surface area contributed by atoms with Crippen LogP contribution in [0.4, 0.5) is 0 Å². The molecular formula is C19H37NO. The first-order valence-corrected chi connectivity index (χ1v) is 9.17. The third kappa shape index (κ3) is 7.44. The van der Waals surface area contributed by atoms with E-state index in [1.54, 1.807) is 0 Å². The Morgan fingerprint density at radius 1 is 1.10 bits per heavy atom. The zero-order valence-electron chi connectivity index (χ0n) is 15.0. The second-order valence-electron chi connectivity index (χ2n) is 7.88. The minimum Gasteiger partial charge on any atom is -0.303 e. The van der Waals surface area contributed by atoms with Crippen molar-refractivity contribution >= 4 is 5.78 Å². The molecule has 1 rings (SSSR count). The van der Waals surface area contributed by atoms with E-state index in [4.69, 9.17) is 0 Å². The van der Waals surface area contributed by atoms with Crippen molar-refractivity contribution in [3.05, 3.63) is 0 Å². The van der Waals surface area contributed by atoms with E-state index >= 15 is 0 Å². The van der Waals surface area contributed by atoms with E-state index in [0.29, 0.717) is 11.7 Å². The highest BCUT2D eigenvalue weighted by Gasteiger charge is 2.29. The smallest absolute Gasteiger partial charge is 0.137 e. The number of hydrogen-bond donors (Lipinski definition) is 0. The normalized spacial score (nSPS) is 23.5. The molecule has 0 radical (unpaired) electrons. The highest BCUT2D eigenvalue weighted by molar-refractivity contribution is 5.81. The van der Waals surface area contributed by atoms with E-state index in [1.807, 2.05) is 0 Å². The van der Waals surface area contributed by atoms with Crippen LogP contribution in [-0.2, 0) is 4.79 Å². The predicted octanol–water partition coefficient (Wildman–Crippen LogP) is 4.78. The molecule has 2 unspecified atom stereocenters. The fourth-order valence-electron chi connectivity index (χ4n) is 3.24. The van der Waals surface area contributed by atoms with Crippen LogP contribution in [0.3, 0.4) is 0 Å². The van der Waals surface area contributed by atoms with Crippen LogP contribution in [0.15, 0.2) is 0 Å². The van der Waals surface area contributed by atoms with Gasteiger partial charge < -0.3 is 4.90 Å². The maximum absolute atomic E-state index is 12.2. The summed E-state index contributed by atoms with van der Waals surface area (Å²) in [7, 11) is 0. The van der Waals surface area contributed by atoms with Crippen LogP contribution in [0.2, 0.25) is 0 Å². The number of rotatable bonds is 9. The molecule has 124 valence electrons. The molecule has 21 heavy (non-hydrogen) atoms. The Morgan fingerprint density at radius 2 is 1.67 bits per heavy atom. The number of carbonyl (C=O) groups is 1. The molecule has 2 heteroatoms. The van der Waals surface area contributed by atoms with Crippen molar-refractivity contribution in [2.75, 3.05) is 19.6 Å². The molecule has 0 aromatic carbocycles. The van der Waals surface area contributed by atoms with Gasteiger partial charge in [0.2, 0.25) is 0 Å². The molecule has 1 aliphatic carbocycles. The Bertz CT molecular complexity index is 286. The molecule has 0 spiro atoms. The molecule has 0 heterocycles. The number of hydrogen-bond acceptors (Lipinski definition) is 2. The summed E-state index contributed by atoms with van der Waals surface area (Å²) in [4.78, 5) is 14.8. The Labute approximate surface area is 132 Å². The second kappa shape index (κ2) is 9.61. The summed E-state index contributed by atoms with van der Waals surface area (Å²) in [5, 5.41) is 0. The molecule has 2 nitrogen and oxygen atoms in total. The van der Waals surface area contributed by atoms with Crippen molar-refractivity contribution in [2.45, 2.75) is 73.1 Å². The Kier molecular flexibility index (Phi) is 8.55. The summed E-state index contributed by atoms with van der Waals surface area (Å²) in [5.41, 5.74) is 0. The molecule has 1 saturated carbocycles. The average molecular weight is 296 g/mol. The van der Waals surface area contributed by atoms with Gasteiger partial charge in [-0.1, -0.05) is 41.0 Å². The highest BCUT2D eigenvalue weighted by Crippen LogP contribution is 2.29. The summed E-state index contributed by atoms with van der Waals surface area (Å²) in [6.07, 6.45) is 6.82. The van der Waals surface area contributed by atoms with Crippen molar-refractivity contribution in [1.82, 2.24) is 4.90 Å². The molecule has 1 fully saturated rings. The van der Waals surface area contributed by atoms with Crippen LogP contribution < -0.4 is 0 Å². The fourth-order valence-corrected chi connectivity index (χ4v) is 3.24. The fraction of sp³-hybridized carbons (Fsp3) is 0.947. The lowest BCUT2D eigenvalue weighted by Gasteiger charge is -2.32. The third-order valence-corrected chi connectivity index (χ3v) is 4.97. The van der Waals surface area contributed by atoms with Crippen molar-refractivity contribution in [1.29, 1.82) is 0 Å². The van der Waals surface area contributed by atoms with Crippen molar-refractivity contribution in [2.24, 2.45) is 23.7 Å². The van der Waals surface area contributed by atoms with Gasteiger partial charge in [-0.15, -0.1) is 0 Å². The summed E-state index contributed by atoms with van der Waals surface area (Å²) in [5.74, 6) is 3.11. The molecule has 0 aromatic heterocycles. The van der Waals surface area contributed by atoms with Gasteiger partial charge in [-0.2, -0.15) is 0 Å². The average Bonchev–Trinajstić information content (AvgIpc) is 2.43. The lowest BCUT2D eigenvalue weighted by atomic mass is 9.79. The molecule has 0 saturated heterocycles. The van der Waals surface area contributed by atoms with Gasteiger partial charge in [-0.25, -0.2) is 0 Å². The first kappa shape index (κ1) is 18.7. The van der Waals surface area contributed by atoms with E-state index < -0.39 is 0 Å². The van der Waals surface area contributed by atoms with Crippen LogP contribution in [0, 0.1) is 23.7 Å². The van der Waals surface area contributed by atoms with Crippen molar-refractivity contribution in [3.63, 3.8) is 0 Å². The number of nitrogens with zero attached hydrogens (tertiary/aromatic N) is 1. The molecular weight excluding hydrogens is 258 g/mol. The van der Waals surface area contributed by atoms with Gasteiger partial charge in [0.15, 0.2) is 0 Å². The van der Waals surface area contributed by atoms with Gasteiger partial charge in [0, 0.05) is 18.9 Å². The number of carbonyl (C=O) groups excluding carboxylic acids is 1. The molecule has 0 N–H and O–H groups in total. The maximum Gasteiger partial charge on any atom is 0.137 e. The number of Topliss-reactive ketones (excluding diaryl/α,β-unsaturated/α-hetero) is 1. The minimum absolute atomic E-state index is 0.308. The highest BCUT2D eigenvalue weighted by atomic mass is 16.1. The molecule has 1 aliphatic rings. The van der Waals surface area contributed by atoms with Crippen molar-refractivity contribution in [3.8, 4) is 0 Å². The van der Waals surface area contributed by atoms with Crippen LogP contribution in [0.5, 0.6) is 0 Å². The van der Waals surface area contributed by atoms with Gasteiger partial charge in [-0.05, 0) is 56.5 Å². The monoisotopic (exact) mass is 295 g/mol. The Hall–Kier alpha value is -0.370. The minimum atomic E-state index is 0.308. The topological polar surface area (TPSA) is 20.3 Å². The summed E-state index contributed by atoms with van der Waals surface area (Å²) in [6, 6.07) is 0. The standard InChI is InChI=1S/C19H37NO/c1-6-17-7-8-19(21)18(13-17)14-20(11-9-15(2)3)12-10-16(4)5/h15-18H,6-14H2,1-5H3. The predicted molar refractivity (Wildman–Crippen MR) is 91.5 cm³/mol. The summed E-state index contributed by atoms with van der Waals surface area (Å²) < 4.78 is 0. The van der Waals surface area contributed by atoms with Gasteiger partial charge in [0.1, 0.15) is 5.78 Å². The molecule has 0 aromatic rings. The van der Waals surface area contributed by atoms with Crippen LogP contribution in [0.1, 0.15) is 73.1 Å². The summed E-state index contributed by atoms with van der Waals surface area (Å²) in [6.45, 7) is 14.8. The number of ketones is 1. The van der Waals surface area contributed by atoms with E-state index in [0.717, 1.165) is 56.7 Å². The van der Waals surface area contributed by atoms with E-state index in [9.17, 15) is 4.79 Å². The largest absolute Gasteiger partial charge is 0.303 e. The zero-order valence-corrected chi connectivity index (χ0v) is 15.0. The van der Waals surface area contributed by atoms with Gasteiger partial charge in [-0.3, -0.25) is 4.79 Å². The van der Waals surface area contributed by atoms with E-state index in [1.165, 1.54) is 19.3 Å². The first-order valence-electron chi connectivity index (χ1n) is 9.17.